The van der Waals surface area contributed by atoms with E-state index in [0.717, 1.165) is 19.3 Å². The molecule has 0 aromatic rings. The van der Waals surface area contributed by atoms with Crippen LogP contribution in [0.5, 0.6) is 0 Å². The molecule has 6 unspecified atom stereocenters. The molecule has 4 heteroatoms. The zero-order chi connectivity index (χ0) is 17.7. The molecule has 7 rings (SSSR count). The fraction of sp³-hybridized carbons (Fsp3) is 0.818. The third-order valence-corrected chi connectivity index (χ3v) is 9.44. The molecule has 140 valence electrons. The molecule has 7 fully saturated rings. The standard InChI is InChI=1S/C22H28O4/c1-2-17(23)26-21-8-13-5-14(9-21)7-20(6-13,12-21)22-4-3-15(10-22)16-11-25-19(24)18(16)22/h2,13-16,18H,1,3-12H2. The highest BCUT2D eigenvalue weighted by Gasteiger charge is 2.74. The molecule has 1 aliphatic heterocycles. The number of hydrogen-bond acceptors (Lipinski definition) is 4. The van der Waals surface area contributed by atoms with Crippen LogP contribution in [0.15, 0.2) is 12.7 Å². The minimum absolute atomic E-state index is 0.0741. The van der Waals surface area contributed by atoms with Crippen LogP contribution in [0.1, 0.15) is 57.8 Å². The lowest BCUT2D eigenvalue weighted by Crippen LogP contribution is -2.63. The fourth-order valence-corrected chi connectivity index (χ4v) is 9.29. The number of cyclic esters (lactones) is 1. The van der Waals surface area contributed by atoms with Gasteiger partial charge in [-0.15, -0.1) is 0 Å². The van der Waals surface area contributed by atoms with Crippen LogP contribution >= 0.6 is 0 Å². The molecule has 6 aliphatic carbocycles. The number of rotatable bonds is 3. The molecule has 0 amide bonds. The molecule has 6 saturated carbocycles. The Balaban J connectivity index is 1.43. The first-order valence-corrected chi connectivity index (χ1v) is 10.5. The number of esters is 2. The lowest BCUT2D eigenvalue weighted by molar-refractivity contribution is -0.227. The normalized spacial score (nSPS) is 55.7. The van der Waals surface area contributed by atoms with Gasteiger partial charge in [0.15, 0.2) is 0 Å². The SMILES string of the molecule is C=CC(=O)OC12CC3CC(C1)CC(C14CCC(C1)C1COC(=O)C14)(C3)C2. The van der Waals surface area contributed by atoms with Crippen molar-refractivity contribution in [1.29, 1.82) is 0 Å². The highest BCUT2D eigenvalue weighted by Crippen LogP contribution is 2.78. The summed E-state index contributed by atoms with van der Waals surface area (Å²) in [5.74, 6) is 2.35. The van der Waals surface area contributed by atoms with Gasteiger partial charge in [-0.1, -0.05) is 6.58 Å². The molecule has 0 radical (unpaired) electrons. The van der Waals surface area contributed by atoms with E-state index in [0.29, 0.717) is 30.3 Å². The summed E-state index contributed by atoms with van der Waals surface area (Å²) in [7, 11) is 0. The zero-order valence-corrected chi connectivity index (χ0v) is 15.4. The quantitative estimate of drug-likeness (QED) is 0.572. The smallest absolute Gasteiger partial charge is 0.330 e. The van der Waals surface area contributed by atoms with Crippen molar-refractivity contribution >= 4 is 11.9 Å². The van der Waals surface area contributed by atoms with Crippen LogP contribution in [0.25, 0.3) is 0 Å². The summed E-state index contributed by atoms with van der Waals surface area (Å²) in [6, 6.07) is 0. The molecular formula is C22H28O4. The zero-order valence-electron chi connectivity index (χ0n) is 15.4. The van der Waals surface area contributed by atoms with Crippen molar-refractivity contribution in [3.8, 4) is 0 Å². The average Bonchev–Trinajstić information content (AvgIpc) is 3.26. The molecule has 6 bridgehead atoms. The summed E-state index contributed by atoms with van der Waals surface area (Å²) < 4.78 is 11.6. The summed E-state index contributed by atoms with van der Waals surface area (Å²) in [5.41, 5.74) is -0.0155. The van der Waals surface area contributed by atoms with Gasteiger partial charge in [-0.2, -0.15) is 0 Å². The third kappa shape index (κ3) is 1.72. The van der Waals surface area contributed by atoms with Crippen LogP contribution < -0.4 is 0 Å². The maximum Gasteiger partial charge on any atom is 0.330 e. The first kappa shape index (κ1) is 15.7. The van der Waals surface area contributed by atoms with Gasteiger partial charge in [0.25, 0.3) is 0 Å². The molecular weight excluding hydrogens is 328 g/mol. The summed E-state index contributed by atoms with van der Waals surface area (Å²) >= 11 is 0. The van der Waals surface area contributed by atoms with E-state index in [1.54, 1.807) is 0 Å². The van der Waals surface area contributed by atoms with Crippen LogP contribution in [0.4, 0.5) is 0 Å². The second-order valence-corrected chi connectivity index (χ2v) is 10.5. The first-order valence-electron chi connectivity index (χ1n) is 10.5. The number of carbonyl (C=O) groups excluding carboxylic acids is 2. The number of ether oxygens (including phenoxy) is 2. The van der Waals surface area contributed by atoms with Gasteiger partial charge in [-0.3, -0.25) is 4.79 Å². The lowest BCUT2D eigenvalue weighted by Gasteiger charge is -2.66. The maximum atomic E-state index is 12.7. The van der Waals surface area contributed by atoms with Gasteiger partial charge in [0.1, 0.15) is 5.60 Å². The molecule has 26 heavy (non-hydrogen) atoms. The van der Waals surface area contributed by atoms with Gasteiger partial charge < -0.3 is 9.47 Å². The number of fused-ring (bicyclic) bond motifs is 5. The molecule has 7 aliphatic rings. The largest absolute Gasteiger partial charge is 0.465 e. The minimum atomic E-state index is -0.303. The Bertz CT molecular complexity index is 697. The molecule has 0 spiro atoms. The van der Waals surface area contributed by atoms with Crippen molar-refractivity contribution in [2.45, 2.75) is 63.4 Å². The van der Waals surface area contributed by atoms with Crippen molar-refractivity contribution in [1.82, 2.24) is 0 Å². The van der Waals surface area contributed by atoms with Gasteiger partial charge in [0.05, 0.1) is 12.5 Å². The fourth-order valence-electron chi connectivity index (χ4n) is 9.29. The molecule has 1 saturated heterocycles. The molecule has 6 atom stereocenters. The van der Waals surface area contributed by atoms with Crippen molar-refractivity contribution in [2.75, 3.05) is 6.61 Å². The maximum absolute atomic E-state index is 12.7. The topological polar surface area (TPSA) is 52.6 Å². The van der Waals surface area contributed by atoms with E-state index in [4.69, 9.17) is 9.47 Å². The van der Waals surface area contributed by atoms with Crippen LogP contribution in [0.2, 0.25) is 0 Å². The molecule has 1 heterocycles. The Hall–Kier alpha value is -1.32. The second-order valence-electron chi connectivity index (χ2n) is 10.5. The highest BCUT2D eigenvalue weighted by atomic mass is 16.6. The van der Waals surface area contributed by atoms with Crippen LogP contribution in [0.3, 0.4) is 0 Å². The second kappa shape index (κ2) is 4.74. The summed E-state index contributed by atoms with van der Waals surface area (Å²) in [6.45, 7) is 4.26. The lowest BCUT2D eigenvalue weighted by atomic mass is 9.39. The Labute approximate surface area is 154 Å². The first-order chi connectivity index (χ1) is 12.5. The van der Waals surface area contributed by atoms with E-state index in [1.165, 1.54) is 44.6 Å². The van der Waals surface area contributed by atoms with E-state index in [1.807, 2.05) is 0 Å². The van der Waals surface area contributed by atoms with E-state index >= 15 is 0 Å². The monoisotopic (exact) mass is 356 g/mol. The average molecular weight is 356 g/mol. The Kier molecular flexibility index (Phi) is 2.87. The summed E-state index contributed by atoms with van der Waals surface area (Å²) in [6.07, 6.45) is 11.7. The Morgan fingerprint density at radius 1 is 1.19 bits per heavy atom. The molecule has 0 N–H and O–H groups in total. The van der Waals surface area contributed by atoms with Crippen LogP contribution in [-0.4, -0.2) is 24.1 Å². The summed E-state index contributed by atoms with van der Waals surface area (Å²) in [4.78, 5) is 24.8. The summed E-state index contributed by atoms with van der Waals surface area (Å²) in [5, 5.41) is 0. The Morgan fingerprint density at radius 2 is 1.96 bits per heavy atom. The Morgan fingerprint density at radius 3 is 2.69 bits per heavy atom. The van der Waals surface area contributed by atoms with Gasteiger partial charge in [0.2, 0.25) is 0 Å². The van der Waals surface area contributed by atoms with Crippen molar-refractivity contribution in [3.05, 3.63) is 12.7 Å². The third-order valence-electron chi connectivity index (χ3n) is 9.44. The van der Waals surface area contributed by atoms with E-state index in [-0.39, 0.29) is 34.3 Å². The van der Waals surface area contributed by atoms with E-state index < -0.39 is 0 Å². The number of hydrogen-bond donors (Lipinski definition) is 0. The van der Waals surface area contributed by atoms with Crippen molar-refractivity contribution < 1.29 is 19.1 Å². The van der Waals surface area contributed by atoms with Gasteiger partial charge in [-0.25, -0.2) is 4.79 Å². The predicted molar refractivity (Wildman–Crippen MR) is 93.8 cm³/mol. The molecule has 4 nitrogen and oxygen atoms in total. The van der Waals surface area contributed by atoms with E-state index in [9.17, 15) is 9.59 Å². The van der Waals surface area contributed by atoms with Crippen LogP contribution in [0, 0.1) is 40.4 Å². The van der Waals surface area contributed by atoms with Crippen molar-refractivity contribution in [2.24, 2.45) is 40.4 Å². The van der Waals surface area contributed by atoms with Gasteiger partial charge in [-0.05, 0) is 86.4 Å². The van der Waals surface area contributed by atoms with E-state index in [2.05, 4.69) is 6.58 Å². The highest BCUT2D eigenvalue weighted by molar-refractivity contribution is 5.81. The van der Waals surface area contributed by atoms with Gasteiger partial charge >= 0.3 is 11.9 Å². The molecule has 0 aromatic heterocycles. The number of carbonyl (C=O) groups is 2. The minimum Gasteiger partial charge on any atom is -0.465 e. The van der Waals surface area contributed by atoms with Gasteiger partial charge in [0, 0.05) is 12.0 Å². The van der Waals surface area contributed by atoms with Crippen molar-refractivity contribution in [3.63, 3.8) is 0 Å². The molecule has 0 aromatic carbocycles. The van der Waals surface area contributed by atoms with Crippen LogP contribution in [-0.2, 0) is 19.1 Å². The predicted octanol–water partition coefficient (Wildman–Crippen LogP) is 3.64.